The second kappa shape index (κ2) is 6.46. The van der Waals surface area contributed by atoms with Gasteiger partial charge in [-0.3, -0.25) is 0 Å². The predicted molar refractivity (Wildman–Crippen MR) is 74.5 cm³/mol. The Balaban J connectivity index is 0.000000136. The third-order valence-corrected chi connectivity index (χ3v) is 3.25. The van der Waals surface area contributed by atoms with Gasteiger partial charge in [-0.25, -0.2) is 0 Å². The summed E-state index contributed by atoms with van der Waals surface area (Å²) >= 11 is 5.54. The molecule has 0 spiro atoms. The van der Waals surface area contributed by atoms with Crippen LogP contribution in [-0.2, 0) is 12.8 Å². The Hall–Kier alpha value is -1.27. The van der Waals surface area contributed by atoms with Crippen LogP contribution in [0.4, 0.5) is 0 Å². The van der Waals surface area contributed by atoms with Crippen LogP contribution in [0, 0.1) is 0 Å². The van der Waals surface area contributed by atoms with E-state index in [1.807, 2.05) is 30.3 Å². The molecule has 88 valence electrons. The second-order valence-corrected chi connectivity index (χ2v) is 4.71. The Labute approximate surface area is 108 Å². The highest BCUT2D eigenvalue weighted by Crippen LogP contribution is 2.19. The molecular formula is C16H17Cl. The van der Waals surface area contributed by atoms with Crippen molar-refractivity contribution in [2.75, 3.05) is 0 Å². The Morgan fingerprint density at radius 1 is 0.647 bits per heavy atom. The average molecular weight is 245 g/mol. The number of fused-ring (bicyclic) bond motifs is 1. The van der Waals surface area contributed by atoms with Gasteiger partial charge in [0.2, 0.25) is 0 Å². The molecule has 0 aromatic heterocycles. The summed E-state index contributed by atoms with van der Waals surface area (Å²) in [6.45, 7) is 0. The van der Waals surface area contributed by atoms with Gasteiger partial charge in [-0.05, 0) is 48.9 Å². The molecule has 0 nitrogen and oxygen atoms in total. The summed E-state index contributed by atoms with van der Waals surface area (Å²) in [5.74, 6) is 0. The van der Waals surface area contributed by atoms with Crippen LogP contribution in [-0.4, -0.2) is 0 Å². The summed E-state index contributed by atoms with van der Waals surface area (Å²) in [5, 5.41) is 0.794. The molecule has 2 aromatic rings. The Kier molecular flexibility index (Phi) is 4.63. The highest BCUT2D eigenvalue weighted by Gasteiger charge is 2.05. The molecule has 0 heterocycles. The predicted octanol–water partition coefficient (Wildman–Crippen LogP) is 4.91. The molecule has 0 N–H and O–H groups in total. The van der Waals surface area contributed by atoms with E-state index in [9.17, 15) is 0 Å². The van der Waals surface area contributed by atoms with Gasteiger partial charge in [-0.2, -0.15) is 0 Å². The summed E-state index contributed by atoms with van der Waals surface area (Å²) in [6.07, 6.45) is 5.38. The Morgan fingerprint density at radius 2 is 1.12 bits per heavy atom. The molecule has 0 saturated heterocycles. The van der Waals surface area contributed by atoms with Crippen molar-refractivity contribution in [2.45, 2.75) is 25.7 Å². The molecule has 0 radical (unpaired) electrons. The lowest BCUT2D eigenvalue weighted by molar-refractivity contribution is 0.685. The van der Waals surface area contributed by atoms with Crippen molar-refractivity contribution >= 4 is 11.6 Å². The number of aryl methyl sites for hydroxylation is 2. The third-order valence-electron chi connectivity index (χ3n) is 2.99. The summed E-state index contributed by atoms with van der Waals surface area (Å²) in [4.78, 5) is 0. The molecular weight excluding hydrogens is 228 g/mol. The van der Waals surface area contributed by atoms with Crippen molar-refractivity contribution in [3.63, 3.8) is 0 Å². The fourth-order valence-electron chi connectivity index (χ4n) is 2.09. The third kappa shape index (κ3) is 3.90. The van der Waals surface area contributed by atoms with Gasteiger partial charge >= 0.3 is 0 Å². The van der Waals surface area contributed by atoms with Gasteiger partial charge in [-0.1, -0.05) is 54.1 Å². The van der Waals surface area contributed by atoms with Crippen LogP contribution in [0.25, 0.3) is 0 Å². The standard InChI is InChI=1S/C10H12.C6H5Cl/c1-2-6-10-8-4-3-7-9(10)5-1;7-6-4-2-1-3-5-6/h1-2,5-6H,3-4,7-8H2;1-5H. The lowest BCUT2D eigenvalue weighted by Gasteiger charge is -2.13. The van der Waals surface area contributed by atoms with E-state index >= 15 is 0 Å². The first-order valence-corrected chi connectivity index (χ1v) is 6.51. The Morgan fingerprint density at radius 3 is 1.53 bits per heavy atom. The van der Waals surface area contributed by atoms with E-state index in [1.54, 1.807) is 11.1 Å². The van der Waals surface area contributed by atoms with Gasteiger partial charge in [0.15, 0.2) is 0 Å². The fraction of sp³-hybridized carbons (Fsp3) is 0.250. The van der Waals surface area contributed by atoms with Gasteiger partial charge in [0.25, 0.3) is 0 Å². The zero-order valence-corrected chi connectivity index (χ0v) is 10.7. The van der Waals surface area contributed by atoms with E-state index in [0.717, 1.165) is 5.02 Å². The number of hydrogen-bond donors (Lipinski definition) is 0. The number of rotatable bonds is 0. The van der Waals surface area contributed by atoms with E-state index in [4.69, 9.17) is 11.6 Å². The molecule has 3 rings (SSSR count). The van der Waals surface area contributed by atoms with Gasteiger partial charge in [0.1, 0.15) is 0 Å². The first kappa shape index (κ1) is 12.2. The maximum absolute atomic E-state index is 5.54. The fourth-order valence-corrected chi connectivity index (χ4v) is 2.24. The van der Waals surface area contributed by atoms with Crippen LogP contribution in [0.2, 0.25) is 5.02 Å². The lowest BCUT2D eigenvalue weighted by atomic mass is 9.92. The topological polar surface area (TPSA) is 0 Å². The molecule has 0 bridgehead atoms. The van der Waals surface area contributed by atoms with E-state index < -0.39 is 0 Å². The SMILES string of the molecule is Clc1ccccc1.c1ccc2c(c1)CCCC2. The van der Waals surface area contributed by atoms with Gasteiger partial charge in [0, 0.05) is 5.02 Å². The minimum absolute atomic E-state index is 0.794. The highest BCUT2D eigenvalue weighted by molar-refractivity contribution is 6.30. The maximum Gasteiger partial charge on any atom is 0.0405 e. The quantitative estimate of drug-likeness (QED) is 0.618. The first-order chi connectivity index (χ1) is 8.36. The van der Waals surface area contributed by atoms with E-state index in [2.05, 4.69) is 24.3 Å². The lowest BCUT2D eigenvalue weighted by Crippen LogP contribution is -2.00. The molecule has 1 aliphatic rings. The van der Waals surface area contributed by atoms with Crippen LogP contribution in [0.5, 0.6) is 0 Å². The Bertz CT molecular complexity index is 423. The van der Waals surface area contributed by atoms with Gasteiger partial charge < -0.3 is 0 Å². The molecule has 0 atom stereocenters. The van der Waals surface area contributed by atoms with Gasteiger partial charge in [-0.15, -0.1) is 0 Å². The van der Waals surface area contributed by atoms with Crippen LogP contribution in [0.15, 0.2) is 54.6 Å². The molecule has 0 aliphatic heterocycles. The molecule has 2 aromatic carbocycles. The summed E-state index contributed by atoms with van der Waals surface area (Å²) in [5.41, 5.74) is 3.16. The minimum atomic E-state index is 0.794. The van der Waals surface area contributed by atoms with Crippen molar-refractivity contribution in [1.29, 1.82) is 0 Å². The van der Waals surface area contributed by atoms with Crippen LogP contribution in [0.3, 0.4) is 0 Å². The summed E-state index contributed by atoms with van der Waals surface area (Å²) < 4.78 is 0. The van der Waals surface area contributed by atoms with Crippen LogP contribution < -0.4 is 0 Å². The molecule has 17 heavy (non-hydrogen) atoms. The van der Waals surface area contributed by atoms with Gasteiger partial charge in [0.05, 0.1) is 0 Å². The highest BCUT2D eigenvalue weighted by atomic mass is 35.5. The number of halogens is 1. The van der Waals surface area contributed by atoms with E-state index in [0.29, 0.717) is 0 Å². The van der Waals surface area contributed by atoms with Crippen molar-refractivity contribution in [1.82, 2.24) is 0 Å². The second-order valence-electron chi connectivity index (χ2n) is 4.27. The van der Waals surface area contributed by atoms with Crippen molar-refractivity contribution in [2.24, 2.45) is 0 Å². The molecule has 1 aliphatic carbocycles. The average Bonchev–Trinajstić information content (AvgIpc) is 2.41. The summed E-state index contributed by atoms with van der Waals surface area (Å²) in [7, 11) is 0. The molecule has 0 saturated carbocycles. The summed E-state index contributed by atoms with van der Waals surface area (Å²) in [6, 6.07) is 18.2. The van der Waals surface area contributed by atoms with E-state index in [1.165, 1.54) is 25.7 Å². The van der Waals surface area contributed by atoms with Crippen molar-refractivity contribution in [3.8, 4) is 0 Å². The molecule has 1 heteroatoms. The molecule has 0 amide bonds. The monoisotopic (exact) mass is 244 g/mol. The first-order valence-electron chi connectivity index (χ1n) is 6.13. The smallest absolute Gasteiger partial charge is 0.0405 e. The van der Waals surface area contributed by atoms with Crippen molar-refractivity contribution < 1.29 is 0 Å². The largest absolute Gasteiger partial charge is 0.0843 e. The normalized spacial score (nSPS) is 13.2. The van der Waals surface area contributed by atoms with E-state index in [-0.39, 0.29) is 0 Å². The maximum atomic E-state index is 5.54. The number of hydrogen-bond acceptors (Lipinski definition) is 0. The number of benzene rings is 2. The molecule has 0 fully saturated rings. The van der Waals surface area contributed by atoms with Crippen LogP contribution in [0.1, 0.15) is 24.0 Å². The zero-order chi connectivity index (χ0) is 11.9. The molecule has 0 unspecified atom stereocenters. The van der Waals surface area contributed by atoms with Crippen LogP contribution >= 0.6 is 11.6 Å². The zero-order valence-electron chi connectivity index (χ0n) is 9.90. The van der Waals surface area contributed by atoms with Crippen molar-refractivity contribution in [3.05, 3.63) is 70.7 Å². The minimum Gasteiger partial charge on any atom is -0.0843 e.